The maximum absolute atomic E-state index is 13.6. The second-order valence-electron chi connectivity index (χ2n) is 6.25. The van der Waals surface area contributed by atoms with E-state index in [1.807, 2.05) is 0 Å². The van der Waals surface area contributed by atoms with E-state index in [1.165, 1.54) is 12.1 Å². The number of aryl methyl sites for hydroxylation is 1. The van der Waals surface area contributed by atoms with E-state index in [0.717, 1.165) is 6.07 Å². The minimum Gasteiger partial charge on any atom is -0.478 e. The van der Waals surface area contributed by atoms with Gasteiger partial charge < -0.3 is 10.4 Å². The highest BCUT2D eigenvalue weighted by Gasteiger charge is 2.24. The van der Waals surface area contributed by atoms with Gasteiger partial charge in [-0.05, 0) is 48.9 Å². The van der Waals surface area contributed by atoms with Crippen LogP contribution < -0.4 is 5.32 Å². The third-order valence-electron chi connectivity index (χ3n) is 4.39. The van der Waals surface area contributed by atoms with E-state index in [0.29, 0.717) is 24.8 Å². The number of benzene rings is 2. The summed E-state index contributed by atoms with van der Waals surface area (Å²) in [6.45, 7) is 1.66. The average molecular weight is 388 g/mol. The van der Waals surface area contributed by atoms with Crippen LogP contribution in [0.25, 0.3) is 0 Å². The molecule has 0 aliphatic carbocycles. The number of anilines is 1. The normalized spacial score (nSPS) is 10.5. The zero-order valence-electron chi connectivity index (χ0n) is 15.4. The highest BCUT2D eigenvalue weighted by atomic mass is 19.1. The van der Waals surface area contributed by atoms with Crippen molar-refractivity contribution in [3.63, 3.8) is 0 Å². The quantitative estimate of drug-likeness (QED) is 0.377. The lowest BCUT2D eigenvalue weighted by molar-refractivity contribution is -0.384. The third kappa shape index (κ3) is 5.12. The van der Waals surface area contributed by atoms with Crippen LogP contribution in [0.3, 0.4) is 0 Å². The van der Waals surface area contributed by atoms with E-state index < -0.39 is 16.8 Å². The molecular weight excluding hydrogens is 367 g/mol. The van der Waals surface area contributed by atoms with Crippen LogP contribution in [0.5, 0.6) is 0 Å². The van der Waals surface area contributed by atoms with Crippen LogP contribution in [-0.4, -0.2) is 21.9 Å². The lowest BCUT2D eigenvalue weighted by Crippen LogP contribution is -2.16. The molecule has 2 N–H and O–H groups in total. The number of rotatable bonds is 9. The van der Waals surface area contributed by atoms with Crippen molar-refractivity contribution in [2.24, 2.45) is 0 Å². The van der Waals surface area contributed by atoms with Crippen LogP contribution in [0.1, 0.15) is 47.7 Å². The topological polar surface area (TPSA) is 110 Å². The van der Waals surface area contributed by atoms with E-state index >= 15 is 0 Å². The lowest BCUT2D eigenvalue weighted by Gasteiger charge is -2.13. The van der Waals surface area contributed by atoms with Crippen molar-refractivity contribution >= 4 is 23.3 Å². The van der Waals surface area contributed by atoms with Crippen molar-refractivity contribution in [2.75, 3.05) is 5.32 Å². The Balaban J connectivity index is 2.06. The molecule has 7 nitrogen and oxygen atoms in total. The van der Waals surface area contributed by atoms with Crippen molar-refractivity contribution in [3.8, 4) is 0 Å². The molecule has 2 aromatic rings. The first-order valence-corrected chi connectivity index (χ1v) is 8.92. The lowest BCUT2D eigenvalue weighted by atomic mass is 10.0. The summed E-state index contributed by atoms with van der Waals surface area (Å²) < 4.78 is 13.6. The van der Waals surface area contributed by atoms with Gasteiger partial charge in [0, 0.05) is 12.5 Å². The summed E-state index contributed by atoms with van der Waals surface area (Å²) in [5, 5.41) is 23.0. The molecule has 2 rings (SSSR count). The Bertz CT molecular complexity index is 898. The number of aromatic carboxylic acids is 1. The summed E-state index contributed by atoms with van der Waals surface area (Å²) in [5.41, 5.74) is 0.276. The Hall–Kier alpha value is -3.29. The fraction of sp³-hybridized carbons (Fsp3) is 0.300. The SMILES string of the molecule is CCc1c(C(=O)O)ccc([N+](=O)[O-])c1NC(=O)CCCCc1ccccc1F. The number of carboxylic acids is 1. The van der Waals surface area contributed by atoms with Crippen molar-refractivity contribution < 1.29 is 24.0 Å². The van der Waals surface area contributed by atoms with Crippen LogP contribution >= 0.6 is 0 Å². The molecule has 2 aromatic carbocycles. The molecule has 0 unspecified atom stereocenters. The molecule has 0 aliphatic rings. The number of nitrogens with one attached hydrogen (secondary N) is 1. The molecule has 0 aliphatic heterocycles. The first-order chi connectivity index (χ1) is 13.3. The van der Waals surface area contributed by atoms with Gasteiger partial charge in [-0.15, -0.1) is 0 Å². The van der Waals surface area contributed by atoms with Gasteiger partial charge in [0.05, 0.1) is 10.5 Å². The molecule has 0 atom stereocenters. The number of nitrogens with zero attached hydrogens (tertiary/aromatic N) is 1. The average Bonchev–Trinajstić information content (AvgIpc) is 2.65. The van der Waals surface area contributed by atoms with Gasteiger partial charge >= 0.3 is 5.97 Å². The number of carbonyl (C=O) groups excluding carboxylic acids is 1. The molecule has 0 bridgehead atoms. The predicted octanol–water partition coefficient (Wildman–Crippen LogP) is 4.35. The number of nitro benzene ring substituents is 1. The summed E-state index contributed by atoms with van der Waals surface area (Å²) in [5.74, 6) is -1.96. The van der Waals surface area contributed by atoms with Crippen LogP contribution in [-0.2, 0) is 17.6 Å². The number of amides is 1. The monoisotopic (exact) mass is 388 g/mol. The fourth-order valence-corrected chi connectivity index (χ4v) is 3.00. The molecule has 1 amide bonds. The van der Waals surface area contributed by atoms with Crippen LogP contribution in [0.2, 0.25) is 0 Å². The number of carboxylic acid groups (broad SMARTS) is 1. The van der Waals surface area contributed by atoms with Gasteiger partial charge in [-0.3, -0.25) is 14.9 Å². The zero-order valence-corrected chi connectivity index (χ0v) is 15.4. The number of hydrogen-bond acceptors (Lipinski definition) is 4. The van der Waals surface area contributed by atoms with Crippen LogP contribution in [0, 0.1) is 15.9 Å². The number of carbonyl (C=O) groups is 2. The minimum absolute atomic E-state index is 0.0773. The minimum atomic E-state index is -1.22. The smallest absolute Gasteiger partial charge is 0.336 e. The molecule has 0 saturated heterocycles. The van der Waals surface area contributed by atoms with Gasteiger partial charge in [0.15, 0.2) is 0 Å². The Morgan fingerprint density at radius 2 is 1.89 bits per heavy atom. The van der Waals surface area contributed by atoms with Crippen molar-refractivity contribution in [1.29, 1.82) is 0 Å². The molecule has 0 radical (unpaired) electrons. The molecule has 0 spiro atoms. The van der Waals surface area contributed by atoms with E-state index in [-0.39, 0.29) is 41.2 Å². The second-order valence-corrected chi connectivity index (χ2v) is 6.25. The highest BCUT2D eigenvalue weighted by molar-refractivity contribution is 5.98. The maximum Gasteiger partial charge on any atom is 0.336 e. The number of halogens is 1. The maximum atomic E-state index is 13.6. The zero-order chi connectivity index (χ0) is 20.7. The van der Waals surface area contributed by atoms with Crippen LogP contribution in [0.15, 0.2) is 36.4 Å². The van der Waals surface area contributed by atoms with Crippen LogP contribution in [0.4, 0.5) is 15.8 Å². The highest BCUT2D eigenvalue weighted by Crippen LogP contribution is 2.32. The number of hydrogen-bond donors (Lipinski definition) is 2. The van der Waals surface area contributed by atoms with Crippen molar-refractivity contribution in [2.45, 2.75) is 39.0 Å². The molecule has 0 aromatic heterocycles. The Kier molecular flexibility index (Phi) is 7.20. The second kappa shape index (κ2) is 9.59. The molecule has 8 heteroatoms. The van der Waals surface area contributed by atoms with Gasteiger partial charge in [0.2, 0.25) is 5.91 Å². The standard InChI is InChI=1S/C20H21FN2O5/c1-2-14-15(20(25)26)11-12-17(23(27)28)19(14)22-18(24)10-6-4-8-13-7-3-5-9-16(13)21/h3,5,7,9,11-12H,2,4,6,8,10H2,1H3,(H,22,24)(H,25,26). The van der Waals surface area contributed by atoms with E-state index in [4.69, 9.17) is 0 Å². The van der Waals surface area contributed by atoms with Gasteiger partial charge in [-0.1, -0.05) is 25.1 Å². The van der Waals surface area contributed by atoms with Gasteiger partial charge in [-0.25, -0.2) is 9.18 Å². The summed E-state index contributed by atoms with van der Waals surface area (Å²) in [7, 11) is 0. The van der Waals surface area contributed by atoms with Gasteiger partial charge in [0.1, 0.15) is 11.5 Å². The molecule has 0 heterocycles. The largest absolute Gasteiger partial charge is 0.478 e. The molecular formula is C20H21FN2O5. The Morgan fingerprint density at radius 1 is 1.18 bits per heavy atom. The summed E-state index contributed by atoms with van der Waals surface area (Å²) in [4.78, 5) is 34.2. The van der Waals surface area contributed by atoms with Crippen molar-refractivity contribution in [1.82, 2.24) is 0 Å². The predicted molar refractivity (Wildman–Crippen MR) is 102 cm³/mol. The number of unbranched alkanes of at least 4 members (excludes halogenated alkanes) is 1. The Labute approximate surface area is 161 Å². The molecule has 0 fully saturated rings. The van der Waals surface area contributed by atoms with E-state index in [2.05, 4.69) is 5.32 Å². The third-order valence-corrected chi connectivity index (χ3v) is 4.39. The Morgan fingerprint density at radius 3 is 2.50 bits per heavy atom. The summed E-state index contributed by atoms with van der Waals surface area (Å²) in [6.07, 6.45) is 1.83. The first-order valence-electron chi connectivity index (χ1n) is 8.92. The molecule has 148 valence electrons. The van der Waals surface area contributed by atoms with Crippen molar-refractivity contribution in [3.05, 3.63) is 69.0 Å². The molecule has 0 saturated carbocycles. The van der Waals surface area contributed by atoms with Gasteiger partial charge in [0.25, 0.3) is 5.69 Å². The summed E-state index contributed by atoms with van der Waals surface area (Å²) in [6, 6.07) is 8.66. The summed E-state index contributed by atoms with van der Waals surface area (Å²) >= 11 is 0. The van der Waals surface area contributed by atoms with E-state index in [9.17, 15) is 29.2 Å². The first kappa shape index (κ1) is 21.0. The van der Waals surface area contributed by atoms with Gasteiger partial charge in [-0.2, -0.15) is 0 Å². The fourth-order valence-electron chi connectivity index (χ4n) is 3.00. The van der Waals surface area contributed by atoms with E-state index in [1.54, 1.807) is 25.1 Å². The number of nitro groups is 1. The molecule has 28 heavy (non-hydrogen) atoms.